The minimum Gasteiger partial charge on any atom is -0.339 e. The van der Waals surface area contributed by atoms with E-state index in [0.29, 0.717) is 18.2 Å². The van der Waals surface area contributed by atoms with Gasteiger partial charge < -0.3 is 4.52 Å². The molecule has 1 aromatic carbocycles. The molecule has 1 aromatic heterocycles. The van der Waals surface area contributed by atoms with Crippen LogP contribution in [0.5, 0.6) is 0 Å². The number of nitrogens with zero attached hydrogens (tertiary/aromatic N) is 2. The second-order valence-corrected chi connectivity index (χ2v) is 4.92. The second-order valence-electron chi connectivity index (χ2n) is 4.00. The summed E-state index contributed by atoms with van der Waals surface area (Å²) >= 11 is 3.40. The van der Waals surface area contributed by atoms with E-state index in [1.54, 1.807) is 0 Å². The topological polar surface area (TPSA) is 38.9 Å². The van der Waals surface area contributed by atoms with Gasteiger partial charge in [0.1, 0.15) is 0 Å². The van der Waals surface area contributed by atoms with Crippen molar-refractivity contribution in [2.75, 3.05) is 0 Å². The fraction of sp³-hybridized carbons (Fsp3) is 0.333. The molecule has 0 saturated carbocycles. The van der Waals surface area contributed by atoms with Gasteiger partial charge in [-0.25, -0.2) is 0 Å². The molecule has 2 rings (SSSR count). The smallest absolute Gasteiger partial charge is 0.231 e. The first-order chi connectivity index (χ1) is 7.65. The highest BCUT2D eigenvalue weighted by atomic mass is 79.9. The van der Waals surface area contributed by atoms with Gasteiger partial charge in [-0.3, -0.25) is 0 Å². The molecule has 0 amide bonds. The predicted molar refractivity (Wildman–Crippen MR) is 65.3 cm³/mol. The van der Waals surface area contributed by atoms with Gasteiger partial charge in [0, 0.05) is 10.4 Å². The molecule has 0 radical (unpaired) electrons. The third-order valence-corrected chi connectivity index (χ3v) is 2.80. The van der Waals surface area contributed by atoms with Crippen LogP contribution < -0.4 is 0 Å². The highest BCUT2D eigenvalue weighted by Gasteiger charge is 2.09. The van der Waals surface area contributed by atoms with E-state index in [9.17, 15) is 0 Å². The zero-order chi connectivity index (χ0) is 11.5. The van der Waals surface area contributed by atoms with Crippen LogP contribution >= 0.6 is 15.9 Å². The molecule has 16 heavy (non-hydrogen) atoms. The molecule has 0 N–H and O–H groups in total. The van der Waals surface area contributed by atoms with Crippen LogP contribution in [0.15, 0.2) is 33.3 Å². The van der Waals surface area contributed by atoms with Crippen molar-refractivity contribution < 1.29 is 4.52 Å². The number of hydrogen-bond acceptors (Lipinski definition) is 3. The van der Waals surface area contributed by atoms with Crippen LogP contribution in [0.1, 0.15) is 37.0 Å². The van der Waals surface area contributed by atoms with Crippen molar-refractivity contribution in [1.82, 2.24) is 10.1 Å². The summed E-state index contributed by atoms with van der Waals surface area (Å²) in [5, 5.41) is 3.93. The Morgan fingerprint density at radius 1 is 1.25 bits per heavy atom. The summed E-state index contributed by atoms with van der Waals surface area (Å²) in [4.78, 5) is 4.34. The molecule has 0 unspecified atom stereocenters. The lowest BCUT2D eigenvalue weighted by molar-refractivity contribution is 0.377. The van der Waals surface area contributed by atoms with Gasteiger partial charge in [-0.2, -0.15) is 4.98 Å². The lowest BCUT2D eigenvalue weighted by Gasteiger charge is -1.96. The summed E-state index contributed by atoms with van der Waals surface area (Å²) in [5.74, 6) is 1.75. The Kier molecular flexibility index (Phi) is 3.39. The van der Waals surface area contributed by atoms with Gasteiger partial charge in [-0.15, -0.1) is 0 Å². The third-order valence-electron chi connectivity index (χ3n) is 2.27. The monoisotopic (exact) mass is 280 g/mol. The number of aromatic nitrogens is 2. The number of benzene rings is 1. The highest BCUT2D eigenvalue weighted by Crippen LogP contribution is 2.15. The van der Waals surface area contributed by atoms with Gasteiger partial charge in [-0.1, -0.05) is 47.1 Å². The summed E-state index contributed by atoms with van der Waals surface area (Å²) in [6.45, 7) is 4.10. The van der Waals surface area contributed by atoms with Crippen LogP contribution in [0.4, 0.5) is 0 Å². The molecular formula is C12H13BrN2O. The minimum atomic E-state index is 0.308. The number of halogens is 1. The van der Waals surface area contributed by atoms with Gasteiger partial charge in [0.25, 0.3) is 0 Å². The summed E-state index contributed by atoms with van der Waals surface area (Å²) < 4.78 is 6.26. The zero-order valence-corrected chi connectivity index (χ0v) is 10.9. The molecule has 0 aliphatic carbocycles. The van der Waals surface area contributed by atoms with E-state index in [4.69, 9.17) is 4.52 Å². The quantitative estimate of drug-likeness (QED) is 0.863. The molecule has 2 aromatic rings. The Morgan fingerprint density at radius 2 is 1.94 bits per heavy atom. The Balaban J connectivity index is 2.11. The molecule has 1 heterocycles. The van der Waals surface area contributed by atoms with Crippen LogP contribution in [0, 0.1) is 0 Å². The molecule has 84 valence electrons. The molecule has 0 aliphatic heterocycles. The SMILES string of the molecule is CC(C)c1noc(Cc2ccc(Br)cc2)n1. The van der Waals surface area contributed by atoms with E-state index in [1.807, 2.05) is 38.1 Å². The van der Waals surface area contributed by atoms with Crippen molar-refractivity contribution in [3.8, 4) is 0 Å². The van der Waals surface area contributed by atoms with Crippen molar-refractivity contribution in [3.63, 3.8) is 0 Å². The summed E-state index contributed by atoms with van der Waals surface area (Å²) in [6.07, 6.45) is 0.688. The van der Waals surface area contributed by atoms with E-state index in [1.165, 1.54) is 5.56 Å². The van der Waals surface area contributed by atoms with E-state index in [-0.39, 0.29) is 0 Å². The van der Waals surface area contributed by atoms with Gasteiger partial charge in [0.15, 0.2) is 5.82 Å². The van der Waals surface area contributed by atoms with E-state index in [2.05, 4.69) is 26.1 Å². The Morgan fingerprint density at radius 3 is 2.50 bits per heavy atom. The molecular weight excluding hydrogens is 268 g/mol. The molecule has 0 fully saturated rings. The molecule has 0 saturated heterocycles. The maximum absolute atomic E-state index is 5.19. The highest BCUT2D eigenvalue weighted by molar-refractivity contribution is 9.10. The fourth-order valence-electron chi connectivity index (χ4n) is 1.35. The minimum absolute atomic E-state index is 0.308. The lowest BCUT2D eigenvalue weighted by atomic mass is 10.1. The first kappa shape index (κ1) is 11.3. The van der Waals surface area contributed by atoms with Crippen molar-refractivity contribution in [2.45, 2.75) is 26.2 Å². The largest absolute Gasteiger partial charge is 0.339 e. The van der Waals surface area contributed by atoms with Crippen LogP contribution in [0.2, 0.25) is 0 Å². The second kappa shape index (κ2) is 4.78. The van der Waals surface area contributed by atoms with Gasteiger partial charge in [-0.05, 0) is 17.7 Å². The molecule has 0 bridgehead atoms. The maximum atomic E-state index is 5.19. The third kappa shape index (κ3) is 2.70. The standard InChI is InChI=1S/C12H13BrN2O/c1-8(2)12-14-11(16-15-12)7-9-3-5-10(13)6-4-9/h3-6,8H,7H2,1-2H3. The zero-order valence-electron chi connectivity index (χ0n) is 9.27. The van der Waals surface area contributed by atoms with Crippen molar-refractivity contribution >= 4 is 15.9 Å². The fourth-order valence-corrected chi connectivity index (χ4v) is 1.62. The molecule has 4 heteroatoms. The van der Waals surface area contributed by atoms with Crippen LogP contribution in [-0.4, -0.2) is 10.1 Å². The average molecular weight is 281 g/mol. The van der Waals surface area contributed by atoms with Gasteiger partial charge >= 0.3 is 0 Å². The lowest BCUT2D eigenvalue weighted by Crippen LogP contribution is -1.92. The molecule has 0 spiro atoms. The van der Waals surface area contributed by atoms with Crippen molar-refractivity contribution in [2.24, 2.45) is 0 Å². The Labute approximate surface area is 103 Å². The summed E-state index contributed by atoms with van der Waals surface area (Å²) in [5.41, 5.74) is 1.17. The van der Waals surface area contributed by atoms with Crippen LogP contribution in [0.25, 0.3) is 0 Å². The number of rotatable bonds is 3. The van der Waals surface area contributed by atoms with Crippen molar-refractivity contribution in [1.29, 1.82) is 0 Å². The maximum Gasteiger partial charge on any atom is 0.231 e. The van der Waals surface area contributed by atoms with Gasteiger partial charge in [0.2, 0.25) is 5.89 Å². The normalized spacial score (nSPS) is 11.0. The van der Waals surface area contributed by atoms with Crippen molar-refractivity contribution in [3.05, 3.63) is 46.0 Å². The van der Waals surface area contributed by atoms with E-state index >= 15 is 0 Å². The average Bonchev–Trinajstić information content (AvgIpc) is 2.70. The molecule has 3 nitrogen and oxygen atoms in total. The summed E-state index contributed by atoms with van der Waals surface area (Å²) in [6, 6.07) is 8.11. The Bertz CT molecular complexity index is 462. The van der Waals surface area contributed by atoms with Gasteiger partial charge in [0.05, 0.1) is 6.42 Å². The van der Waals surface area contributed by atoms with Crippen LogP contribution in [-0.2, 0) is 6.42 Å². The predicted octanol–water partition coefficient (Wildman–Crippen LogP) is 3.55. The Hall–Kier alpha value is -1.16. The van der Waals surface area contributed by atoms with Crippen LogP contribution in [0.3, 0.4) is 0 Å². The van der Waals surface area contributed by atoms with E-state index in [0.717, 1.165) is 10.3 Å². The molecule has 0 atom stereocenters. The first-order valence-electron chi connectivity index (χ1n) is 5.22. The van der Waals surface area contributed by atoms with E-state index < -0.39 is 0 Å². The number of hydrogen-bond donors (Lipinski definition) is 0. The summed E-state index contributed by atoms with van der Waals surface area (Å²) in [7, 11) is 0. The molecule has 0 aliphatic rings. The first-order valence-corrected chi connectivity index (χ1v) is 6.01.